The van der Waals surface area contributed by atoms with Crippen LogP contribution in [-0.2, 0) is 16.0 Å². The van der Waals surface area contributed by atoms with Crippen molar-refractivity contribution in [1.82, 2.24) is 0 Å². The molecule has 3 rings (SSSR count). The van der Waals surface area contributed by atoms with Crippen LogP contribution in [0.15, 0.2) is 54.6 Å². The molecule has 1 saturated carbocycles. The van der Waals surface area contributed by atoms with Gasteiger partial charge in [-0.1, -0.05) is 54.6 Å². The fraction of sp³-hybridized carbons (Fsp3) is 0.462. The van der Waals surface area contributed by atoms with Gasteiger partial charge in [0, 0.05) is 18.9 Å². The zero-order chi connectivity index (χ0) is 23.6. The summed E-state index contributed by atoms with van der Waals surface area (Å²) in [6.07, 6.45) is 5.65. The molecule has 0 heterocycles. The Kier molecular flexibility index (Phi) is 10.3. The van der Waals surface area contributed by atoms with Gasteiger partial charge in [0.1, 0.15) is 5.78 Å². The van der Waals surface area contributed by atoms with Gasteiger partial charge < -0.3 is 15.3 Å². The van der Waals surface area contributed by atoms with Crippen molar-refractivity contribution in [2.75, 3.05) is 23.9 Å². The molecule has 0 amide bonds. The van der Waals surface area contributed by atoms with Crippen LogP contribution in [-0.4, -0.2) is 62.3 Å². The van der Waals surface area contributed by atoms with E-state index in [0.717, 1.165) is 24.3 Å². The second kappa shape index (κ2) is 13.2. The molecule has 178 valence electrons. The molecule has 7 heteroatoms. The third kappa shape index (κ3) is 7.88. The van der Waals surface area contributed by atoms with Crippen molar-refractivity contribution >= 4 is 46.0 Å². The van der Waals surface area contributed by atoms with Gasteiger partial charge in [0.15, 0.2) is 0 Å². The summed E-state index contributed by atoms with van der Waals surface area (Å²) in [6, 6.07) is 14.6. The number of carboxylic acid groups (broad SMARTS) is 1. The van der Waals surface area contributed by atoms with Gasteiger partial charge in [0.05, 0.1) is 17.1 Å². The number of carbonyl (C=O) groups is 2. The second-order valence-corrected chi connectivity index (χ2v) is 10.8. The zero-order valence-electron chi connectivity index (χ0n) is 18.6. The van der Waals surface area contributed by atoms with Gasteiger partial charge in [0.25, 0.3) is 0 Å². The molecule has 2 aromatic carbocycles. The molecular weight excluding hydrogens is 456 g/mol. The first-order valence-electron chi connectivity index (χ1n) is 11.4. The van der Waals surface area contributed by atoms with Gasteiger partial charge in [-0.15, -0.1) is 11.8 Å². The van der Waals surface area contributed by atoms with Gasteiger partial charge in [0.2, 0.25) is 0 Å². The molecule has 1 fully saturated rings. The maximum Gasteiger partial charge on any atom is 0.313 e. The second-order valence-electron chi connectivity index (χ2n) is 8.45. The smallest absolute Gasteiger partial charge is 0.313 e. The summed E-state index contributed by atoms with van der Waals surface area (Å²) < 4.78 is 0. The summed E-state index contributed by atoms with van der Waals surface area (Å²) in [4.78, 5) is 23.1. The Labute approximate surface area is 203 Å². The number of hydrogen-bond acceptors (Lipinski definition) is 6. The Morgan fingerprint density at radius 2 is 1.94 bits per heavy atom. The molecule has 0 unspecified atom stereocenters. The minimum atomic E-state index is -0.811. The molecule has 3 N–H and O–H groups in total. The monoisotopic (exact) mass is 488 g/mol. The Hall–Kier alpha value is -1.80. The lowest BCUT2D eigenvalue weighted by Crippen LogP contribution is -2.21. The summed E-state index contributed by atoms with van der Waals surface area (Å²) in [7, 11) is 0. The number of aryl methyl sites for hydroxylation is 1. The van der Waals surface area contributed by atoms with Crippen molar-refractivity contribution in [3.63, 3.8) is 0 Å². The molecule has 0 radical (unpaired) electrons. The highest BCUT2D eigenvalue weighted by Gasteiger charge is 2.40. The third-order valence-corrected chi connectivity index (χ3v) is 8.45. The lowest BCUT2D eigenvalue weighted by atomic mass is 9.95. The summed E-state index contributed by atoms with van der Waals surface area (Å²) >= 11 is 2.97. The van der Waals surface area contributed by atoms with Crippen molar-refractivity contribution < 1.29 is 24.9 Å². The van der Waals surface area contributed by atoms with Gasteiger partial charge in [-0.2, -0.15) is 11.8 Å². The molecule has 1 aliphatic rings. The summed E-state index contributed by atoms with van der Waals surface area (Å²) in [5.74, 6) is 0.761. The minimum Gasteiger partial charge on any atom is -0.481 e. The van der Waals surface area contributed by atoms with E-state index in [1.807, 2.05) is 18.2 Å². The molecule has 5 nitrogen and oxygen atoms in total. The van der Waals surface area contributed by atoms with Crippen LogP contribution in [0, 0.1) is 11.8 Å². The summed E-state index contributed by atoms with van der Waals surface area (Å²) in [5, 5.41) is 31.1. The number of fused-ring (bicyclic) bond motifs is 1. The van der Waals surface area contributed by atoms with Gasteiger partial charge in [-0.05, 0) is 53.0 Å². The first kappa shape index (κ1) is 25.8. The van der Waals surface area contributed by atoms with E-state index in [1.165, 1.54) is 28.1 Å². The number of ketones is 1. The molecule has 0 saturated heterocycles. The van der Waals surface area contributed by atoms with Crippen LogP contribution in [0.25, 0.3) is 10.8 Å². The fourth-order valence-corrected chi connectivity index (χ4v) is 6.45. The predicted octanol–water partition coefficient (Wildman–Crippen LogP) is 4.20. The Morgan fingerprint density at radius 3 is 2.70 bits per heavy atom. The van der Waals surface area contributed by atoms with Crippen LogP contribution in [0.2, 0.25) is 0 Å². The zero-order valence-corrected chi connectivity index (χ0v) is 20.3. The normalized spacial score (nSPS) is 21.8. The molecule has 0 aromatic heterocycles. The van der Waals surface area contributed by atoms with E-state index in [9.17, 15) is 19.8 Å². The molecular formula is C26H32O5S2. The summed E-state index contributed by atoms with van der Waals surface area (Å²) in [5.41, 5.74) is 1.18. The maximum atomic E-state index is 12.5. The van der Waals surface area contributed by atoms with E-state index in [2.05, 4.69) is 30.3 Å². The van der Waals surface area contributed by atoms with Crippen molar-refractivity contribution in [1.29, 1.82) is 0 Å². The highest BCUT2D eigenvalue weighted by atomic mass is 32.2. The molecule has 0 spiro atoms. The number of carbonyl (C=O) groups excluding carboxylic acids is 1. The average molecular weight is 489 g/mol. The lowest BCUT2D eigenvalue weighted by molar-refractivity contribution is -0.133. The molecule has 0 aliphatic heterocycles. The van der Waals surface area contributed by atoms with Crippen molar-refractivity contribution in [2.45, 2.75) is 37.0 Å². The van der Waals surface area contributed by atoms with Crippen molar-refractivity contribution in [3.8, 4) is 0 Å². The van der Waals surface area contributed by atoms with Crippen LogP contribution in [0.5, 0.6) is 0 Å². The van der Waals surface area contributed by atoms with Crippen LogP contribution in [0.1, 0.15) is 24.8 Å². The van der Waals surface area contributed by atoms with Crippen molar-refractivity contribution in [3.05, 3.63) is 60.2 Å². The molecule has 0 bridgehead atoms. The van der Waals surface area contributed by atoms with E-state index in [0.29, 0.717) is 12.8 Å². The number of thioether (sulfide) groups is 2. The minimum absolute atomic E-state index is 0.0422. The van der Waals surface area contributed by atoms with E-state index in [4.69, 9.17) is 5.11 Å². The van der Waals surface area contributed by atoms with Gasteiger partial charge in [-0.3, -0.25) is 9.59 Å². The number of aliphatic carboxylic acids is 1. The van der Waals surface area contributed by atoms with Crippen LogP contribution in [0.3, 0.4) is 0 Å². The average Bonchev–Trinajstić information content (AvgIpc) is 3.12. The largest absolute Gasteiger partial charge is 0.481 e. The maximum absolute atomic E-state index is 12.5. The number of rotatable bonds is 13. The SMILES string of the molecule is O=C(O)CSCCCS[C@H]1C(=O)C[C@@H](CO)[C@@H]1C=C[C@@H](O)CCc1ccc2ccccc2c1. The predicted molar refractivity (Wildman–Crippen MR) is 137 cm³/mol. The van der Waals surface area contributed by atoms with E-state index in [1.54, 1.807) is 17.8 Å². The molecule has 1 aliphatic carbocycles. The van der Waals surface area contributed by atoms with E-state index >= 15 is 0 Å². The van der Waals surface area contributed by atoms with Gasteiger partial charge in [-0.25, -0.2) is 0 Å². The van der Waals surface area contributed by atoms with Crippen LogP contribution < -0.4 is 0 Å². The highest BCUT2D eigenvalue weighted by molar-refractivity contribution is 8.01. The number of carboxylic acids is 1. The number of Topliss-reactive ketones (excluding diaryl/α,β-unsaturated/α-hetero) is 1. The Morgan fingerprint density at radius 1 is 1.15 bits per heavy atom. The van der Waals surface area contributed by atoms with Crippen LogP contribution in [0.4, 0.5) is 0 Å². The lowest BCUT2D eigenvalue weighted by Gasteiger charge is -2.19. The quantitative estimate of drug-likeness (QED) is 0.287. The highest BCUT2D eigenvalue weighted by Crippen LogP contribution is 2.38. The van der Waals surface area contributed by atoms with E-state index < -0.39 is 12.1 Å². The number of benzene rings is 2. The standard InChI is InChI=1S/C26H32O5S2/c27-16-21-15-24(29)26(33-13-3-12-32-17-25(30)31)23(21)11-10-22(28)9-7-18-6-8-19-4-1-2-5-20(19)14-18/h1-2,4-6,8,10-11,14,21-23,26-28H,3,7,9,12-13,15-17H2,(H,30,31)/t21-,22-,23-,26+/m0/s1. The first-order chi connectivity index (χ1) is 16.0. The topological polar surface area (TPSA) is 94.8 Å². The Bertz CT molecular complexity index is 961. The molecule has 33 heavy (non-hydrogen) atoms. The third-order valence-electron chi connectivity index (χ3n) is 5.96. The molecule has 2 aromatic rings. The fourth-order valence-electron chi connectivity index (χ4n) is 4.21. The van der Waals surface area contributed by atoms with E-state index in [-0.39, 0.29) is 35.2 Å². The number of aliphatic hydroxyl groups is 2. The first-order valence-corrected chi connectivity index (χ1v) is 13.6. The summed E-state index contributed by atoms with van der Waals surface area (Å²) in [6.45, 7) is -0.0422. The van der Waals surface area contributed by atoms with Crippen molar-refractivity contribution in [2.24, 2.45) is 11.8 Å². The number of aliphatic hydroxyl groups excluding tert-OH is 2. The Balaban J connectivity index is 1.50. The van der Waals surface area contributed by atoms with Gasteiger partial charge >= 0.3 is 5.97 Å². The number of hydrogen-bond donors (Lipinski definition) is 3. The molecule has 4 atom stereocenters. The van der Waals surface area contributed by atoms with Crippen LogP contribution >= 0.6 is 23.5 Å². The number of allylic oxidation sites excluding steroid dienone is 1.